The molecule has 0 spiro atoms. The molecule has 7 nitrogen and oxygen atoms in total. The lowest BCUT2D eigenvalue weighted by molar-refractivity contribution is -0.124. The van der Waals surface area contributed by atoms with Crippen molar-refractivity contribution >= 4 is 12.0 Å². The number of carbonyl (C=O) groups excluding carboxylic acids is 2. The number of alkyl carbamates (subject to hydrolysis) is 1. The maximum Gasteiger partial charge on any atom is 0.408 e. The Bertz CT molecular complexity index is 403. The van der Waals surface area contributed by atoms with E-state index in [1.165, 1.54) is 0 Å². The van der Waals surface area contributed by atoms with Gasteiger partial charge in [-0.15, -0.1) is 0 Å². The Kier molecular flexibility index (Phi) is 8.48. The molecule has 1 rings (SSSR count). The highest BCUT2D eigenvalue weighted by Crippen LogP contribution is 2.11. The van der Waals surface area contributed by atoms with Crippen molar-refractivity contribution in [1.82, 2.24) is 15.5 Å². The summed E-state index contributed by atoms with van der Waals surface area (Å²) in [7, 11) is 0. The average molecular weight is 343 g/mol. The molecule has 0 aromatic rings. The van der Waals surface area contributed by atoms with Gasteiger partial charge >= 0.3 is 6.09 Å². The lowest BCUT2D eigenvalue weighted by atomic mass is 9.98. The van der Waals surface area contributed by atoms with Crippen molar-refractivity contribution in [2.24, 2.45) is 5.92 Å². The van der Waals surface area contributed by atoms with Gasteiger partial charge in [-0.25, -0.2) is 4.79 Å². The third-order valence-corrected chi connectivity index (χ3v) is 4.00. The molecule has 2 amide bonds. The van der Waals surface area contributed by atoms with Crippen LogP contribution in [0, 0.1) is 5.92 Å². The maximum absolute atomic E-state index is 12.5. The van der Waals surface area contributed by atoms with Gasteiger partial charge in [0.25, 0.3) is 0 Å². The van der Waals surface area contributed by atoms with Crippen molar-refractivity contribution in [2.45, 2.75) is 52.7 Å². The van der Waals surface area contributed by atoms with E-state index in [0.29, 0.717) is 6.54 Å². The quantitative estimate of drug-likeness (QED) is 0.730. The molecule has 1 aliphatic rings. The summed E-state index contributed by atoms with van der Waals surface area (Å²) in [6.07, 6.45) is 0.230. The normalized spacial score (nSPS) is 18.5. The van der Waals surface area contributed by atoms with Crippen LogP contribution in [-0.4, -0.2) is 67.9 Å². The number of morpholine rings is 1. The second-order valence-electron chi connectivity index (χ2n) is 7.25. The van der Waals surface area contributed by atoms with Crippen LogP contribution in [0.2, 0.25) is 0 Å². The molecule has 2 N–H and O–H groups in total. The topological polar surface area (TPSA) is 79.9 Å². The van der Waals surface area contributed by atoms with Gasteiger partial charge in [0.2, 0.25) is 5.91 Å². The summed E-state index contributed by atoms with van der Waals surface area (Å²) in [5.41, 5.74) is -0.586. The van der Waals surface area contributed by atoms with E-state index < -0.39 is 17.7 Å². The number of hydrogen-bond donors (Lipinski definition) is 2. The molecule has 0 radical (unpaired) electrons. The van der Waals surface area contributed by atoms with E-state index in [4.69, 9.17) is 9.47 Å². The Hall–Kier alpha value is -1.34. The summed E-state index contributed by atoms with van der Waals surface area (Å²) < 4.78 is 10.6. The molecule has 0 saturated carbocycles. The fourth-order valence-electron chi connectivity index (χ4n) is 2.41. The standard InChI is InChI=1S/C17H33N3O4/c1-6-13(2)14(19-16(22)24-17(3,4)5)15(21)18-7-8-20-9-11-23-12-10-20/h13-14H,6-12H2,1-5H3,(H,18,21)(H,19,22)/t13-,14-/m0/s1. The fraction of sp³-hybridized carbons (Fsp3) is 0.882. The van der Waals surface area contributed by atoms with Crippen LogP contribution in [0.5, 0.6) is 0 Å². The predicted octanol–water partition coefficient (Wildman–Crippen LogP) is 1.37. The van der Waals surface area contributed by atoms with Gasteiger partial charge in [0.1, 0.15) is 11.6 Å². The average Bonchev–Trinajstić information content (AvgIpc) is 2.51. The lowest BCUT2D eigenvalue weighted by Crippen LogP contribution is -2.52. The summed E-state index contributed by atoms with van der Waals surface area (Å²) in [5.74, 6) is -0.135. The van der Waals surface area contributed by atoms with Gasteiger partial charge in [0.15, 0.2) is 0 Å². The molecule has 140 valence electrons. The van der Waals surface area contributed by atoms with Crippen molar-refractivity contribution in [1.29, 1.82) is 0 Å². The Morgan fingerprint density at radius 3 is 2.42 bits per heavy atom. The first kappa shape index (κ1) is 20.7. The van der Waals surface area contributed by atoms with Gasteiger partial charge < -0.3 is 20.1 Å². The van der Waals surface area contributed by atoms with E-state index in [1.54, 1.807) is 20.8 Å². The van der Waals surface area contributed by atoms with Crippen molar-refractivity contribution < 1.29 is 19.1 Å². The minimum Gasteiger partial charge on any atom is -0.444 e. The summed E-state index contributed by atoms with van der Waals surface area (Å²) in [4.78, 5) is 26.7. The summed E-state index contributed by atoms with van der Waals surface area (Å²) in [6.45, 7) is 13.9. The number of rotatable bonds is 7. The molecular weight excluding hydrogens is 310 g/mol. The largest absolute Gasteiger partial charge is 0.444 e. The van der Waals surface area contributed by atoms with E-state index >= 15 is 0 Å². The molecule has 0 aromatic heterocycles. The SMILES string of the molecule is CC[C@H](C)[C@H](NC(=O)OC(C)(C)C)C(=O)NCCN1CCOCC1. The molecule has 2 atom stereocenters. The van der Waals surface area contributed by atoms with E-state index in [-0.39, 0.29) is 11.8 Å². The zero-order valence-corrected chi connectivity index (χ0v) is 15.7. The fourth-order valence-corrected chi connectivity index (χ4v) is 2.41. The van der Waals surface area contributed by atoms with Crippen LogP contribution in [0.3, 0.4) is 0 Å². The summed E-state index contributed by atoms with van der Waals surface area (Å²) in [5, 5.41) is 5.63. The van der Waals surface area contributed by atoms with Gasteiger partial charge in [0, 0.05) is 26.2 Å². The highest BCUT2D eigenvalue weighted by Gasteiger charge is 2.28. The van der Waals surface area contributed by atoms with Gasteiger partial charge in [-0.05, 0) is 26.7 Å². The van der Waals surface area contributed by atoms with Crippen molar-refractivity contribution in [3.8, 4) is 0 Å². The number of nitrogens with zero attached hydrogens (tertiary/aromatic N) is 1. The van der Waals surface area contributed by atoms with Crippen LogP contribution in [0.4, 0.5) is 4.79 Å². The van der Waals surface area contributed by atoms with Gasteiger partial charge in [-0.2, -0.15) is 0 Å². The Balaban J connectivity index is 2.47. The molecule has 0 aliphatic carbocycles. The number of carbonyl (C=O) groups is 2. The van der Waals surface area contributed by atoms with Gasteiger partial charge in [0.05, 0.1) is 13.2 Å². The molecule has 24 heavy (non-hydrogen) atoms. The second-order valence-corrected chi connectivity index (χ2v) is 7.25. The minimum atomic E-state index is -0.588. The van der Waals surface area contributed by atoms with Crippen molar-refractivity contribution in [3.63, 3.8) is 0 Å². The smallest absolute Gasteiger partial charge is 0.408 e. The number of hydrogen-bond acceptors (Lipinski definition) is 5. The molecule has 1 aliphatic heterocycles. The number of amides is 2. The van der Waals surface area contributed by atoms with E-state index in [1.807, 2.05) is 13.8 Å². The summed E-state index contributed by atoms with van der Waals surface area (Å²) in [6, 6.07) is -0.588. The molecule has 1 heterocycles. The first-order valence-electron chi connectivity index (χ1n) is 8.80. The van der Waals surface area contributed by atoms with Crippen LogP contribution < -0.4 is 10.6 Å². The Morgan fingerprint density at radius 1 is 1.25 bits per heavy atom. The third-order valence-electron chi connectivity index (χ3n) is 4.00. The highest BCUT2D eigenvalue weighted by molar-refractivity contribution is 5.85. The van der Waals surface area contributed by atoms with E-state index in [9.17, 15) is 9.59 Å². The molecule has 1 saturated heterocycles. The summed E-state index contributed by atoms with van der Waals surface area (Å²) >= 11 is 0. The zero-order valence-electron chi connectivity index (χ0n) is 15.7. The molecule has 0 aromatic carbocycles. The van der Waals surface area contributed by atoms with E-state index in [2.05, 4.69) is 15.5 Å². The minimum absolute atomic E-state index is 0.0286. The highest BCUT2D eigenvalue weighted by atomic mass is 16.6. The molecule has 7 heteroatoms. The van der Waals surface area contributed by atoms with E-state index in [0.717, 1.165) is 39.3 Å². The lowest BCUT2D eigenvalue weighted by Gasteiger charge is -2.28. The van der Waals surface area contributed by atoms with Crippen LogP contribution >= 0.6 is 0 Å². The van der Waals surface area contributed by atoms with Crippen LogP contribution in [0.15, 0.2) is 0 Å². The predicted molar refractivity (Wildman–Crippen MR) is 92.9 cm³/mol. The number of nitrogens with one attached hydrogen (secondary N) is 2. The maximum atomic E-state index is 12.5. The van der Waals surface area contributed by atoms with Crippen molar-refractivity contribution in [2.75, 3.05) is 39.4 Å². The Morgan fingerprint density at radius 2 is 1.88 bits per heavy atom. The Labute approximate surface area is 145 Å². The van der Waals surface area contributed by atoms with Crippen molar-refractivity contribution in [3.05, 3.63) is 0 Å². The van der Waals surface area contributed by atoms with Gasteiger partial charge in [-0.1, -0.05) is 20.3 Å². The number of ether oxygens (including phenoxy) is 2. The molecule has 0 unspecified atom stereocenters. The zero-order chi connectivity index (χ0) is 18.2. The molecular formula is C17H33N3O4. The first-order valence-corrected chi connectivity index (χ1v) is 8.80. The third kappa shape index (κ3) is 7.97. The van der Waals surface area contributed by atoms with Crippen LogP contribution in [0.25, 0.3) is 0 Å². The molecule has 1 fully saturated rings. The first-order chi connectivity index (χ1) is 11.2. The van der Waals surface area contributed by atoms with Crippen LogP contribution in [-0.2, 0) is 14.3 Å². The van der Waals surface area contributed by atoms with Gasteiger partial charge in [-0.3, -0.25) is 9.69 Å². The monoisotopic (exact) mass is 343 g/mol. The molecule has 0 bridgehead atoms. The second kappa shape index (κ2) is 9.84. The van der Waals surface area contributed by atoms with Crippen LogP contribution in [0.1, 0.15) is 41.0 Å².